The highest BCUT2D eigenvalue weighted by molar-refractivity contribution is 7.98. The smallest absolute Gasteiger partial charge is 0.320 e. The first-order valence-corrected chi connectivity index (χ1v) is 9.29. The minimum atomic E-state index is -2.69. The average molecular weight is 402 g/mol. The number of methoxy groups -OCH3 is 1. The van der Waals surface area contributed by atoms with Crippen molar-refractivity contribution in [3.8, 4) is 17.1 Å². The number of nitrogens with two attached hydrogens (primary N) is 1. The van der Waals surface area contributed by atoms with Gasteiger partial charge < -0.3 is 10.6 Å². The van der Waals surface area contributed by atoms with Gasteiger partial charge in [0, 0.05) is 0 Å². The van der Waals surface area contributed by atoms with Crippen molar-refractivity contribution in [2.45, 2.75) is 17.5 Å². The lowest BCUT2D eigenvalue weighted by atomic mass is 10.2. The largest absolute Gasteiger partial charge is 0.496 e. The topological polar surface area (TPSA) is 83.8 Å². The van der Waals surface area contributed by atoms with E-state index in [1.165, 1.54) is 16.4 Å². The standard InChI is InChI=1S/C18H16F2N6OS/c1-27-14-9-5-2-6-11(14)16-23-24-18(26(16)21)28-10-15-22-12-7-3-4-8-13(12)25(15)17(19)20/h2-9,17H,10,21H2,1H3. The molecular weight excluding hydrogens is 386 g/mol. The number of thioether (sulfide) groups is 1. The first kappa shape index (κ1) is 18.2. The van der Waals surface area contributed by atoms with Gasteiger partial charge in [-0.05, 0) is 24.3 Å². The number of nitrogen functional groups attached to an aromatic ring is 1. The van der Waals surface area contributed by atoms with Gasteiger partial charge in [-0.25, -0.2) is 9.66 Å². The predicted octanol–water partition coefficient (Wildman–Crippen LogP) is 3.70. The number of halogens is 2. The van der Waals surface area contributed by atoms with Crippen LogP contribution < -0.4 is 10.6 Å². The molecule has 0 aliphatic rings. The fourth-order valence-corrected chi connectivity index (χ4v) is 3.72. The normalized spacial score (nSPS) is 11.4. The van der Waals surface area contributed by atoms with Crippen LogP contribution in [0.5, 0.6) is 5.75 Å². The molecule has 0 aliphatic heterocycles. The summed E-state index contributed by atoms with van der Waals surface area (Å²) in [5.74, 6) is 7.57. The molecular formula is C18H16F2N6OS. The van der Waals surface area contributed by atoms with Crippen molar-refractivity contribution in [1.29, 1.82) is 0 Å². The van der Waals surface area contributed by atoms with E-state index in [0.29, 0.717) is 33.3 Å². The van der Waals surface area contributed by atoms with E-state index in [-0.39, 0.29) is 11.6 Å². The van der Waals surface area contributed by atoms with Crippen molar-refractivity contribution in [1.82, 2.24) is 24.4 Å². The molecule has 0 bridgehead atoms. The number of aromatic nitrogens is 5. The number of hydrogen-bond donors (Lipinski definition) is 1. The zero-order chi connectivity index (χ0) is 19.7. The fourth-order valence-electron chi connectivity index (χ4n) is 2.93. The second kappa shape index (κ2) is 7.47. The molecule has 4 aromatic rings. The predicted molar refractivity (Wildman–Crippen MR) is 103 cm³/mol. The van der Waals surface area contributed by atoms with Gasteiger partial charge in [0.15, 0.2) is 5.82 Å². The van der Waals surface area contributed by atoms with Crippen LogP contribution in [-0.4, -0.2) is 31.5 Å². The molecule has 0 amide bonds. The van der Waals surface area contributed by atoms with Crippen LogP contribution in [0.3, 0.4) is 0 Å². The lowest BCUT2D eigenvalue weighted by Gasteiger charge is -2.09. The van der Waals surface area contributed by atoms with Gasteiger partial charge in [-0.3, -0.25) is 4.57 Å². The van der Waals surface area contributed by atoms with Gasteiger partial charge in [0.1, 0.15) is 11.6 Å². The molecule has 0 aliphatic carbocycles. The Kier molecular flexibility index (Phi) is 4.86. The SMILES string of the molecule is COc1ccccc1-c1nnc(SCc2nc3ccccc3n2C(F)F)n1N. The summed E-state index contributed by atoms with van der Waals surface area (Å²) in [5, 5.41) is 8.58. The number of fused-ring (bicyclic) bond motifs is 1. The number of imidazole rings is 1. The van der Waals surface area contributed by atoms with Gasteiger partial charge in [-0.2, -0.15) is 8.78 Å². The Bertz CT molecular complexity index is 1130. The number of benzene rings is 2. The monoisotopic (exact) mass is 402 g/mol. The van der Waals surface area contributed by atoms with Crippen LogP contribution in [0, 0.1) is 0 Å². The number of alkyl halides is 2. The highest BCUT2D eigenvalue weighted by Crippen LogP contribution is 2.31. The number of rotatable bonds is 6. The summed E-state index contributed by atoms with van der Waals surface area (Å²) in [7, 11) is 1.56. The molecule has 2 aromatic heterocycles. The summed E-state index contributed by atoms with van der Waals surface area (Å²) in [5.41, 5.74) is 1.59. The van der Waals surface area contributed by atoms with E-state index in [9.17, 15) is 8.78 Å². The molecule has 28 heavy (non-hydrogen) atoms. The minimum Gasteiger partial charge on any atom is -0.496 e. The van der Waals surface area contributed by atoms with E-state index in [1.807, 2.05) is 18.2 Å². The summed E-state index contributed by atoms with van der Waals surface area (Å²) < 4.78 is 34.7. The summed E-state index contributed by atoms with van der Waals surface area (Å²) in [6.07, 6.45) is 0. The Labute approximate surface area is 163 Å². The molecule has 0 spiro atoms. The van der Waals surface area contributed by atoms with Crippen LogP contribution in [0.2, 0.25) is 0 Å². The molecule has 0 atom stereocenters. The Hall–Kier alpha value is -3.14. The molecule has 10 heteroatoms. The molecule has 2 N–H and O–H groups in total. The van der Waals surface area contributed by atoms with E-state index in [0.717, 1.165) is 4.57 Å². The van der Waals surface area contributed by atoms with E-state index >= 15 is 0 Å². The molecule has 7 nitrogen and oxygen atoms in total. The van der Waals surface area contributed by atoms with Gasteiger partial charge in [-0.15, -0.1) is 10.2 Å². The molecule has 0 radical (unpaired) electrons. The van der Waals surface area contributed by atoms with E-state index in [2.05, 4.69) is 15.2 Å². The van der Waals surface area contributed by atoms with E-state index in [1.54, 1.807) is 37.4 Å². The number of nitrogens with zero attached hydrogens (tertiary/aromatic N) is 5. The molecule has 144 valence electrons. The lowest BCUT2D eigenvalue weighted by Crippen LogP contribution is -2.12. The quantitative estimate of drug-likeness (QED) is 0.391. The lowest BCUT2D eigenvalue weighted by molar-refractivity contribution is 0.0722. The van der Waals surface area contributed by atoms with Gasteiger partial charge in [0.05, 0.1) is 29.5 Å². The van der Waals surface area contributed by atoms with Gasteiger partial charge >= 0.3 is 6.55 Å². The van der Waals surface area contributed by atoms with Gasteiger partial charge in [0.2, 0.25) is 5.16 Å². The second-order valence-electron chi connectivity index (χ2n) is 5.83. The van der Waals surface area contributed by atoms with E-state index in [4.69, 9.17) is 10.6 Å². The number of hydrogen-bond acceptors (Lipinski definition) is 6. The Morgan fingerprint density at radius 2 is 1.86 bits per heavy atom. The maximum atomic E-state index is 13.5. The second-order valence-corrected chi connectivity index (χ2v) is 6.77. The maximum absolute atomic E-state index is 13.5. The van der Waals surface area contributed by atoms with Crippen molar-refractivity contribution < 1.29 is 13.5 Å². The Morgan fingerprint density at radius 1 is 1.11 bits per heavy atom. The van der Waals surface area contributed by atoms with Crippen LogP contribution in [0.25, 0.3) is 22.4 Å². The minimum absolute atomic E-state index is 0.167. The fraction of sp³-hybridized carbons (Fsp3) is 0.167. The van der Waals surface area contributed by atoms with Crippen molar-refractivity contribution in [3.05, 3.63) is 54.4 Å². The molecule has 4 rings (SSSR count). The van der Waals surface area contributed by atoms with Gasteiger partial charge in [-0.1, -0.05) is 36.0 Å². The van der Waals surface area contributed by atoms with Crippen LogP contribution >= 0.6 is 11.8 Å². The molecule has 2 aromatic carbocycles. The summed E-state index contributed by atoms with van der Waals surface area (Å²) in [4.78, 5) is 4.31. The zero-order valence-corrected chi connectivity index (χ0v) is 15.6. The molecule has 0 saturated heterocycles. The van der Waals surface area contributed by atoms with Crippen molar-refractivity contribution in [2.75, 3.05) is 13.0 Å². The summed E-state index contributed by atoms with van der Waals surface area (Å²) >= 11 is 1.18. The summed E-state index contributed by atoms with van der Waals surface area (Å²) in [6.45, 7) is -2.69. The molecule has 0 fully saturated rings. The molecule has 0 saturated carbocycles. The Balaban J connectivity index is 1.63. The number of ether oxygens (including phenoxy) is 1. The van der Waals surface area contributed by atoms with Crippen molar-refractivity contribution >= 4 is 22.8 Å². The first-order valence-electron chi connectivity index (χ1n) is 8.31. The third-order valence-electron chi connectivity index (χ3n) is 4.21. The van der Waals surface area contributed by atoms with Crippen LogP contribution in [0.4, 0.5) is 8.78 Å². The van der Waals surface area contributed by atoms with Crippen molar-refractivity contribution in [3.63, 3.8) is 0 Å². The van der Waals surface area contributed by atoms with Crippen LogP contribution in [0.15, 0.2) is 53.7 Å². The van der Waals surface area contributed by atoms with Gasteiger partial charge in [0.25, 0.3) is 0 Å². The highest BCUT2D eigenvalue weighted by Gasteiger charge is 2.20. The van der Waals surface area contributed by atoms with Crippen LogP contribution in [-0.2, 0) is 5.75 Å². The first-order chi connectivity index (χ1) is 13.6. The summed E-state index contributed by atoms with van der Waals surface area (Å²) in [6, 6.07) is 14.1. The third-order valence-corrected chi connectivity index (χ3v) is 5.15. The molecule has 2 heterocycles. The van der Waals surface area contributed by atoms with Crippen molar-refractivity contribution in [2.24, 2.45) is 0 Å². The van der Waals surface area contributed by atoms with Crippen LogP contribution in [0.1, 0.15) is 12.4 Å². The highest BCUT2D eigenvalue weighted by atomic mass is 32.2. The van der Waals surface area contributed by atoms with E-state index < -0.39 is 6.55 Å². The Morgan fingerprint density at radius 3 is 2.64 bits per heavy atom. The number of para-hydroxylation sites is 3. The third kappa shape index (κ3) is 3.15. The zero-order valence-electron chi connectivity index (χ0n) is 14.8. The molecule has 0 unspecified atom stereocenters. The maximum Gasteiger partial charge on any atom is 0.320 e. The average Bonchev–Trinajstić information content (AvgIpc) is 3.26.